The first-order valence-corrected chi connectivity index (χ1v) is 5.61. The summed E-state index contributed by atoms with van der Waals surface area (Å²) < 4.78 is 1.25. The van der Waals surface area contributed by atoms with Gasteiger partial charge in [-0.2, -0.15) is 0 Å². The van der Waals surface area contributed by atoms with Crippen LogP contribution in [0.4, 0.5) is 0 Å². The quantitative estimate of drug-likeness (QED) is 0.802. The molecule has 0 atom stereocenters. The molecular formula is C11H14BrN. The molecule has 1 aromatic rings. The van der Waals surface area contributed by atoms with E-state index in [4.69, 9.17) is 5.73 Å². The molecule has 0 heterocycles. The van der Waals surface area contributed by atoms with Crippen molar-refractivity contribution in [3.8, 4) is 0 Å². The summed E-state index contributed by atoms with van der Waals surface area (Å²) in [5.41, 5.74) is 9.88. The Kier molecular flexibility index (Phi) is 2.70. The van der Waals surface area contributed by atoms with Gasteiger partial charge in [-0.1, -0.05) is 22.0 Å². The summed E-state index contributed by atoms with van der Waals surface area (Å²) in [6, 6.07) is 4.42. The van der Waals surface area contributed by atoms with Gasteiger partial charge in [0.05, 0.1) is 0 Å². The fourth-order valence-corrected chi connectivity index (χ4v) is 2.74. The monoisotopic (exact) mass is 239 g/mol. The van der Waals surface area contributed by atoms with Crippen molar-refractivity contribution in [2.24, 2.45) is 5.73 Å². The number of benzene rings is 1. The van der Waals surface area contributed by atoms with Crippen molar-refractivity contribution in [1.82, 2.24) is 0 Å². The molecule has 1 aromatic carbocycles. The van der Waals surface area contributed by atoms with E-state index in [9.17, 15) is 0 Å². The van der Waals surface area contributed by atoms with Crippen LogP contribution in [0, 0.1) is 0 Å². The minimum absolute atomic E-state index is 0.645. The average Bonchev–Trinajstić information content (AvgIpc) is 2.18. The van der Waals surface area contributed by atoms with Crippen LogP contribution in [-0.4, -0.2) is 0 Å². The van der Waals surface area contributed by atoms with Crippen molar-refractivity contribution in [1.29, 1.82) is 0 Å². The van der Waals surface area contributed by atoms with Gasteiger partial charge in [0.1, 0.15) is 0 Å². The number of halogens is 1. The van der Waals surface area contributed by atoms with Crippen molar-refractivity contribution >= 4 is 15.9 Å². The highest BCUT2D eigenvalue weighted by molar-refractivity contribution is 9.10. The molecule has 2 N–H and O–H groups in total. The van der Waals surface area contributed by atoms with Gasteiger partial charge >= 0.3 is 0 Å². The smallest absolute Gasteiger partial charge is 0.0213 e. The summed E-state index contributed by atoms with van der Waals surface area (Å²) in [5.74, 6) is 0. The summed E-state index contributed by atoms with van der Waals surface area (Å²) in [6.45, 7) is 0.645. The Morgan fingerprint density at radius 3 is 2.77 bits per heavy atom. The molecule has 1 aliphatic carbocycles. The molecule has 0 radical (unpaired) electrons. The van der Waals surface area contributed by atoms with Gasteiger partial charge in [0.15, 0.2) is 0 Å². The van der Waals surface area contributed by atoms with Gasteiger partial charge in [-0.05, 0) is 48.4 Å². The van der Waals surface area contributed by atoms with E-state index in [1.54, 1.807) is 0 Å². The molecule has 13 heavy (non-hydrogen) atoms. The van der Waals surface area contributed by atoms with Crippen LogP contribution in [0.5, 0.6) is 0 Å². The Bertz CT molecular complexity index is 320. The number of fused-ring (bicyclic) bond motifs is 1. The van der Waals surface area contributed by atoms with Gasteiger partial charge < -0.3 is 5.73 Å². The van der Waals surface area contributed by atoms with Crippen molar-refractivity contribution < 1.29 is 0 Å². The molecular weight excluding hydrogens is 226 g/mol. The highest BCUT2D eigenvalue weighted by Crippen LogP contribution is 2.29. The van der Waals surface area contributed by atoms with E-state index < -0.39 is 0 Å². The lowest BCUT2D eigenvalue weighted by Crippen LogP contribution is -2.06. The largest absolute Gasteiger partial charge is 0.326 e. The first kappa shape index (κ1) is 9.22. The molecule has 0 amide bonds. The van der Waals surface area contributed by atoms with Gasteiger partial charge in [0.2, 0.25) is 0 Å². The molecule has 0 aromatic heterocycles. The van der Waals surface area contributed by atoms with E-state index in [0.717, 1.165) is 0 Å². The molecule has 70 valence electrons. The van der Waals surface area contributed by atoms with Crippen molar-refractivity contribution in [2.45, 2.75) is 32.2 Å². The van der Waals surface area contributed by atoms with Crippen molar-refractivity contribution in [3.63, 3.8) is 0 Å². The first-order chi connectivity index (χ1) is 6.31. The van der Waals surface area contributed by atoms with Crippen LogP contribution in [-0.2, 0) is 19.4 Å². The van der Waals surface area contributed by atoms with E-state index in [-0.39, 0.29) is 0 Å². The SMILES string of the molecule is NCc1cc(Br)c2c(c1)CCCC2. The van der Waals surface area contributed by atoms with Gasteiger partial charge in [0.25, 0.3) is 0 Å². The Hall–Kier alpha value is -0.340. The molecule has 0 fully saturated rings. The van der Waals surface area contributed by atoms with Gasteiger partial charge in [-0.15, -0.1) is 0 Å². The number of hydrogen-bond donors (Lipinski definition) is 1. The Labute approximate surface area is 87.5 Å². The molecule has 0 unspecified atom stereocenters. The summed E-state index contributed by atoms with van der Waals surface area (Å²) in [6.07, 6.45) is 5.10. The number of hydrogen-bond acceptors (Lipinski definition) is 1. The highest BCUT2D eigenvalue weighted by Gasteiger charge is 2.12. The number of aryl methyl sites for hydroxylation is 1. The molecule has 2 heteroatoms. The topological polar surface area (TPSA) is 26.0 Å². The van der Waals surface area contributed by atoms with Crippen LogP contribution in [0.2, 0.25) is 0 Å². The third-order valence-electron chi connectivity index (χ3n) is 2.71. The fourth-order valence-electron chi connectivity index (χ4n) is 1.99. The fraction of sp³-hybridized carbons (Fsp3) is 0.455. The predicted molar refractivity (Wildman–Crippen MR) is 58.7 cm³/mol. The normalized spacial score (nSPS) is 15.5. The van der Waals surface area contributed by atoms with E-state index in [1.165, 1.54) is 46.8 Å². The second-order valence-electron chi connectivity index (χ2n) is 3.63. The summed E-state index contributed by atoms with van der Waals surface area (Å²) in [5, 5.41) is 0. The van der Waals surface area contributed by atoms with Gasteiger partial charge in [-0.3, -0.25) is 0 Å². The minimum Gasteiger partial charge on any atom is -0.326 e. The summed E-state index contributed by atoms with van der Waals surface area (Å²) in [4.78, 5) is 0. The Morgan fingerprint density at radius 1 is 1.23 bits per heavy atom. The maximum Gasteiger partial charge on any atom is 0.0213 e. The lowest BCUT2D eigenvalue weighted by atomic mass is 9.90. The van der Waals surface area contributed by atoms with Gasteiger partial charge in [0, 0.05) is 11.0 Å². The maximum atomic E-state index is 5.63. The van der Waals surface area contributed by atoms with Gasteiger partial charge in [-0.25, -0.2) is 0 Å². The Morgan fingerprint density at radius 2 is 2.00 bits per heavy atom. The molecule has 0 saturated heterocycles. The van der Waals surface area contributed by atoms with Crippen LogP contribution in [0.25, 0.3) is 0 Å². The molecule has 1 nitrogen and oxygen atoms in total. The molecule has 1 aliphatic rings. The molecule has 0 aliphatic heterocycles. The van der Waals surface area contributed by atoms with Crippen LogP contribution in [0.1, 0.15) is 29.5 Å². The first-order valence-electron chi connectivity index (χ1n) is 4.81. The third kappa shape index (κ3) is 1.79. The van der Waals surface area contributed by atoms with Crippen molar-refractivity contribution in [3.05, 3.63) is 33.3 Å². The Balaban J connectivity index is 2.47. The number of rotatable bonds is 1. The predicted octanol–water partition coefficient (Wildman–Crippen LogP) is 2.79. The second-order valence-corrected chi connectivity index (χ2v) is 4.48. The van der Waals surface area contributed by atoms with E-state index in [2.05, 4.69) is 28.1 Å². The molecule has 2 rings (SSSR count). The van der Waals surface area contributed by atoms with Crippen LogP contribution in [0.15, 0.2) is 16.6 Å². The second kappa shape index (κ2) is 3.81. The van der Waals surface area contributed by atoms with Crippen LogP contribution >= 0.6 is 15.9 Å². The lowest BCUT2D eigenvalue weighted by Gasteiger charge is -2.18. The maximum absolute atomic E-state index is 5.63. The zero-order valence-corrected chi connectivity index (χ0v) is 9.23. The molecule has 0 spiro atoms. The zero-order valence-electron chi connectivity index (χ0n) is 7.65. The summed E-state index contributed by atoms with van der Waals surface area (Å²) in [7, 11) is 0. The average molecular weight is 240 g/mol. The standard InChI is InChI=1S/C11H14BrN/c12-11-6-8(7-13)5-9-3-1-2-4-10(9)11/h5-6H,1-4,7,13H2. The number of nitrogens with two attached hydrogens (primary N) is 1. The van der Waals surface area contributed by atoms with E-state index in [1.807, 2.05) is 0 Å². The summed E-state index contributed by atoms with van der Waals surface area (Å²) >= 11 is 3.62. The van der Waals surface area contributed by atoms with E-state index in [0.29, 0.717) is 6.54 Å². The highest BCUT2D eigenvalue weighted by atomic mass is 79.9. The van der Waals surface area contributed by atoms with Crippen LogP contribution < -0.4 is 5.73 Å². The van der Waals surface area contributed by atoms with Crippen molar-refractivity contribution in [2.75, 3.05) is 0 Å². The van der Waals surface area contributed by atoms with E-state index >= 15 is 0 Å². The lowest BCUT2D eigenvalue weighted by molar-refractivity contribution is 0.681. The third-order valence-corrected chi connectivity index (χ3v) is 3.41. The zero-order chi connectivity index (χ0) is 9.26. The molecule has 0 saturated carbocycles. The minimum atomic E-state index is 0.645. The van der Waals surface area contributed by atoms with Crippen LogP contribution in [0.3, 0.4) is 0 Å². The molecule has 0 bridgehead atoms.